The third kappa shape index (κ3) is 3.61. The molecule has 0 aromatic heterocycles. The lowest BCUT2D eigenvalue weighted by Crippen LogP contribution is -2.22. The Morgan fingerprint density at radius 2 is 1.73 bits per heavy atom. The van der Waals surface area contributed by atoms with Crippen LogP contribution in [0.4, 0.5) is 0 Å². The molecule has 0 radical (unpaired) electrons. The van der Waals surface area contributed by atoms with Gasteiger partial charge in [0.1, 0.15) is 4.99 Å². The molecule has 15 heavy (non-hydrogen) atoms. The van der Waals surface area contributed by atoms with E-state index in [4.69, 9.17) is 18.0 Å². The van der Waals surface area contributed by atoms with Crippen LogP contribution < -0.4 is 5.73 Å². The maximum absolute atomic E-state index is 5.54. The van der Waals surface area contributed by atoms with Gasteiger partial charge in [0.15, 0.2) is 0 Å². The molecule has 0 aliphatic carbocycles. The van der Waals surface area contributed by atoms with E-state index in [2.05, 4.69) is 30.9 Å². The van der Waals surface area contributed by atoms with Crippen molar-refractivity contribution >= 4 is 17.2 Å². The van der Waals surface area contributed by atoms with E-state index < -0.39 is 0 Å². The monoisotopic (exact) mass is 222 g/mol. The van der Waals surface area contributed by atoms with Crippen molar-refractivity contribution in [2.24, 2.45) is 5.73 Å². The molecule has 1 aromatic rings. The fourth-order valence-electron chi connectivity index (χ4n) is 1.48. The predicted molar refractivity (Wildman–Crippen MR) is 69.0 cm³/mol. The van der Waals surface area contributed by atoms with Gasteiger partial charge in [0.05, 0.1) is 0 Å². The molecule has 2 nitrogen and oxygen atoms in total. The number of rotatable bonds is 5. The van der Waals surface area contributed by atoms with Crippen molar-refractivity contribution in [2.75, 3.05) is 13.1 Å². The lowest BCUT2D eigenvalue weighted by Gasteiger charge is -2.17. The number of nitrogens with two attached hydrogens (primary N) is 1. The summed E-state index contributed by atoms with van der Waals surface area (Å²) < 4.78 is 0. The molecule has 0 saturated heterocycles. The Labute approximate surface area is 97.1 Å². The molecule has 2 N–H and O–H groups in total. The second-order valence-corrected chi connectivity index (χ2v) is 3.96. The van der Waals surface area contributed by atoms with Gasteiger partial charge in [0.2, 0.25) is 0 Å². The molecule has 0 saturated carbocycles. The standard InChI is InChI=1S/C12H18N2S/c1-3-14(4-2)9-10-5-7-11(8-6-10)12(13)15/h5-8H,3-4,9H2,1-2H3,(H2,13,15). The number of nitrogens with zero attached hydrogens (tertiary/aromatic N) is 1. The summed E-state index contributed by atoms with van der Waals surface area (Å²) in [6, 6.07) is 8.15. The van der Waals surface area contributed by atoms with Crippen LogP contribution in [0.3, 0.4) is 0 Å². The van der Waals surface area contributed by atoms with E-state index in [-0.39, 0.29) is 0 Å². The van der Waals surface area contributed by atoms with Crippen molar-refractivity contribution < 1.29 is 0 Å². The molecule has 0 fully saturated rings. The SMILES string of the molecule is CCN(CC)Cc1ccc(C(N)=S)cc1. The van der Waals surface area contributed by atoms with E-state index in [0.717, 1.165) is 25.2 Å². The summed E-state index contributed by atoms with van der Waals surface area (Å²) in [5.41, 5.74) is 7.78. The number of benzene rings is 1. The van der Waals surface area contributed by atoms with Gasteiger partial charge in [-0.1, -0.05) is 50.3 Å². The van der Waals surface area contributed by atoms with E-state index in [0.29, 0.717) is 4.99 Å². The Kier molecular flexibility index (Phi) is 4.72. The highest BCUT2D eigenvalue weighted by Crippen LogP contribution is 2.07. The van der Waals surface area contributed by atoms with E-state index in [1.807, 2.05) is 12.1 Å². The molecule has 0 bridgehead atoms. The van der Waals surface area contributed by atoms with Gasteiger partial charge in [0.25, 0.3) is 0 Å². The quantitative estimate of drug-likeness (QED) is 0.774. The number of hydrogen-bond acceptors (Lipinski definition) is 2. The summed E-state index contributed by atoms with van der Waals surface area (Å²) in [5, 5.41) is 0. The van der Waals surface area contributed by atoms with E-state index in [1.165, 1.54) is 5.56 Å². The zero-order valence-corrected chi connectivity index (χ0v) is 10.2. The first kappa shape index (κ1) is 12.1. The van der Waals surface area contributed by atoms with Crippen LogP contribution in [0.2, 0.25) is 0 Å². The Bertz CT molecular complexity index is 315. The fourth-order valence-corrected chi connectivity index (χ4v) is 1.62. The first-order valence-corrected chi connectivity index (χ1v) is 5.69. The van der Waals surface area contributed by atoms with Crippen LogP contribution in [0.5, 0.6) is 0 Å². The molecule has 0 amide bonds. The molecule has 0 unspecified atom stereocenters. The maximum Gasteiger partial charge on any atom is 0.103 e. The zero-order chi connectivity index (χ0) is 11.3. The van der Waals surface area contributed by atoms with Crippen molar-refractivity contribution in [3.8, 4) is 0 Å². The Hall–Kier alpha value is -0.930. The molecule has 0 spiro atoms. The average Bonchev–Trinajstić information content (AvgIpc) is 2.26. The van der Waals surface area contributed by atoms with Crippen molar-refractivity contribution in [3.63, 3.8) is 0 Å². The lowest BCUT2D eigenvalue weighted by molar-refractivity contribution is 0.296. The topological polar surface area (TPSA) is 29.3 Å². The van der Waals surface area contributed by atoms with Gasteiger partial charge in [-0.3, -0.25) is 4.90 Å². The molecular weight excluding hydrogens is 204 g/mol. The fraction of sp³-hybridized carbons (Fsp3) is 0.417. The highest BCUT2D eigenvalue weighted by molar-refractivity contribution is 7.80. The van der Waals surface area contributed by atoms with Crippen LogP contribution >= 0.6 is 12.2 Å². The van der Waals surface area contributed by atoms with E-state index in [1.54, 1.807) is 0 Å². The molecule has 1 rings (SSSR count). The molecular formula is C12H18N2S. The van der Waals surface area contributed by atoms with Crippen LogP contribution in [0.25, 0.3) is 0 Å². The summed E-state index contributed by atoms with van der Waals surface area (Å²) in [5.74, 6) is 0. The predicted octanol–water partition coefficient (Wildman–Crippen LogP) is 2.16. The van der Waals surface area contributed by atoms with Crippen LogP contribution in [0.1, 0.15) is 25.0 Å². The minimum absolute atomic E-state index is 0.462. The summed E-state index contributed by atoms with van der Waals surface area (Å²) >= 11 is 4.91. The largest absolute Gasteiger partial charge is 0.389 e. The number of thiocarbonyl (C=S) groups is 1. The molecule has 0 atom stereocenters. The summed E-state index contributed by atoms with van der Waals surface area (Å²) in [4.78, 5) is 2.83. The highest BCUT2D eigenvalue weighted by Gasteiger charge is 2.01. The van der Waals surface area contributed by atoms with Gasteiger partial charge in [-0.15, -0.1) is 0 Å². The van der Waals surface area contributed by atoms with Gasteiger partial charge in [-0.25, -0.2) is 0 Å². The Morgan fingerprint density at radius 3 is 2.13 bits per heavy atom. The van der Waals surface area contributed by atoms with E-state index >= 15 is 0 Å². The van der Waals surface area contributed by atoms with Gasteiger partial charge in [-0.2, -0.15) is 0 Å². The van der Waals surface area contributed by atoms with Crippen molar-refractivity contribution in [1.82, 2.24) is 4.90 Å². The molecule has 0 heterocycles. The summed E-state index contributed by atoms with van der Waals surface area (Å²) in [6.45, 7) is 7.49. The maximum atomic E-state index is 5.54. The van der Waals surface area contributed by atoms with E-state index in [9.17, 15) is 0 Å². The average molecular weight is 222 g/mol. The van der Waals surface area contributed by atoms with Gasteiger partial charge >= 0.3 is 0 Å². The summed E-state index contributed by atoms with van der Waals surface area (Å²) in [6.07, 6.45) is 0. The van der Waals surface area contributed by atoms with Crippen LogP contribution in [0, 0.1) is 0 Å². The number of hydrogen-bond donors (Lipinski definition) is 1. The molecule has 0 aliphatic heterocycles. The Morgan fingerprint density at radius 1 is 1.20 bits per heavy atom. The van der Waals surface area contributed by atoms with Crippen molar-refractivity contribution in [2.45, 2.75) is 20.4 Å². The first-order chi connectivity index (χ1) is 7.17. The zero-order valence-electron chi connectivity index (χ0n) is 9.36. The molecule has 0 aliphatic rings. The minimum Gasteiger partial charge on any atom is -0.389 e. The third-order valence-corrected chi connectivity index (χ3v) is 2.77. The van der Waals surface area contributed by atoms with Gasteiger partial charge < -0.3 is 5.73 Å². The molecule has 3 heteroatoms. The van der Waals surface area contributed by atoms with Crippen LogP contribution in [-0.2, 0) is 6.54 Å². The van der Waals surface area contributed by atoms with Gasteiger partial charge in [0, 0.05) is 12.1 Å². The highest BCUT2D eigenvalue weighted by atomic mass is 32.1. The first-order valence-electron chi connectivity index (χ1n) is 5.28. The molecule has 1 aromatic carbocycles. The van der Waals surface area contributed by atoms with Crippen LogP contribution in [0.15, 0.2) is 24.3 Å². The third-order valence-electron chi connectivity index (χ3n) is 2.54. The lowest BCUT2D eigenvalue weighted by atomic mass is 10.1. The van der Waals surface area contributed by atoms with Crippen molar-refractivity contribution in [1.29, 1.82) is 0 Å². The van der Waals surface area contributed by atoms with Crippen molar-refractivity contribution in [3.05, 3.63) is 35.4 Å². The minimum atomic E-state index is 0.462. The van der Waals surface area contributed by atoms with Crippen LogP contribution in [-0.4, -0.2) is 23.0 Å². The second-order valence-electron chi connectivity index (χ2n) is 3.52. The van der Waals surface area contributed by atoms with Gasteiger partial charge in [-0.05, 0) is 18.7 Å². The normalized spacial score (nSPS) is 10.6. The Balaban J connectivity index is 2.67. The second kappa shape index (κ2) is 5.83. The summed E-state index contributed by atoms with van der Waals surface area (Å²) in [7, 11) is 0. The molecule has 82 valence electrons. The smallest absolute Gasteiger partial charge is 0.103 e.